The molecule has 1 heterocycles. The summed E-state index contributed by atoms with van der Waals surface area (Å²) in [5.74, 6) is 1.85. The van der Waals surface area contributed by atoms with E-state index in [2.05, 4.69) is 17.0 Å². The van der Waals surface area contributed by atoms with Gasteiger partial charge in [0.2, 0.25) is 0 Å². The van der Waals surface area contributed by atoms with Crippen LogP contribution in [0.1, 0.15) is 24.8 Å². The Morgan fingerprint density at radius 3 is 2.70 bits per heavy atom. The normalized spacial score (nSPS) is 20.4. The number of rotatable bonds is 5. The van der Waals surface area contributed by atoms with E-state index in [0.717, 1.165) is 44.3 Å². The van der Waals surface area contributed by atoms with Crippen LogP contribution in [-0.2, 0) is 11.3 Å². The molecule has 4 nitrogen and oxygen atoms in total. The third-order valence-electron chi connectivity index (χ3n) is 4.11. The van der Waals surface area contributed by atoms with Gasteiger partial charge in [0.15, 0.2) is 0 Å². The van der Waals surface area contributed by atoms with E-state index in [1.54, 1.807) is 7.11 Å². The van der Waals surface area contributed by atoms with Crippen LogP contribution in [0.15, 0.2) is 18.2 Å². The summed E-state index contributed by atoms with van der Waals surface area (Å²) in [6, 6.07) is 6.22. The van der Waals surface area contributed by atoms with Crippen LogP contribution in [0.5, 0.6) is 11.5 Å². The second kappa shape index (κ2) is 6.46. The zero-order valence-electron chi connectivity index (χ0n) is 12.1. The van der Waals surface area contributed by atoms with Crippen LogP contribution >= 0.6 is 0 Å². The maximum absolute atomic E-state index is 5.92. The molecule has 1 saturated heterocycles. The number of ether oxygens (including phenoxy) is 3. The number of morpholine rings is 1. The van der Waals surface area contributed by atoms with Crippen molar-refractivity contribution in [3.63, 3.8) is 0 Å². The standard InChI is InChI=1S/C16H23NO3/c1-18-16-11-15(20-14-3-2-4-14)6-5-13(16)12-17-7-9-19-10-8-17/h5-6,11,14H,2-4,7-10,12H2,1H3. The van der Waals surface area contributed by atoms with Crippen molar-refractivity contribution < 1.29 is 14.2 Å². The van der Waals surface area contributed by atoms with Crippen molar-refractivity contribution >= 4 is 0 Å². The van der Waals surface area contributed by atoms with Crippen molar-refractivity contribution in [1.29, 1.82) is 0 Å². The topological polar surface area (TPSA) is 30.9 Å². The van der Waals surface area contributed by atoms with Gasteiger partial charge in [-0.2, -0.15) is 0 Å². The third-order valence-corrected chi connectivity index (χ3v) is 4.11. The Labute approximate surface area is 120 Å². The fourth-order valence-corrected chi connectivity index (χ4v) is 2.61. The van der Waals surface area contributed by atoms with E-state index in [9.17, 15) is 0 Å². The summed E-state index contributed by atoms with van der Waals surface area (Å²) in [6.07, 6.45) is 4.05. The monoisotopic (exact) mass is 277 g/mol. The molecule has 0 atom stereocenters. The molecule has 0 bridgehead atoms. The van der Waals surface area contributed by atoms with E-state index >= 15 is 0 Å². The van der Waals surface area contributed by atoms with Crippen molar-refractivity contribution in [1.82, 2.24) is 4.90 Å². The van der Waals surface area contributed by atoms with Gasteiger partial charge in [-0.15, -0.1) is 0 Å². The van der Waals surface area contributed by atoms with E-state index < -0.39 is 0 Å². The predicted molar refractivity (Wildman–Crippen MR) is 77.4 cm³/mol. The Morgan fingerprint density at radius 1 is 1.25 bits per heavy atom. The Hall–Kier alpha value is -1.26. The van der Waals surface area contributed by atoms with Gasteiger partial charge in [-0.05, 0) is 25.3 Å². The van der Waals surface area contributed by atoms with E-state index in [1.165, 1.54) is 24.8 Å². The molecular weight excluding hydrogens is 254 g/mol. The quantitative estimate of drug-likeness (QED) is 0.827. The van der Waals surface area contributed by atoms with Gasteiger partial charge < -0.3 is 14.2 Å². The van der Waals surface area contributed by atoms with Crippen LogP contribution < -0.4 is 9.47 Å². The molecule has 1 saturated carbocycles. The average molecular weight is 277 g/mol. The molecular formula is C16H23NO3. The van der Waals surface area contributed by atoms with Gasteiger partial charge in [0.25, 0.3) is 0 Å². The Morgan fingerprint density at radius 2 is 2.05 bits per heavy atom. The highest BCUT2D eigenvalue weighted by molar-refractivity contribution is 5.41. The summed E-state index contributed by atoms with van der Waals surface area (Å²) in [4.78, 5) is 2.40. The highest BCUT2D eigenvalue weighted by Gasteiger charge is 2.20. The van der Waals surface area contributed by atoms with Gasteiger partial charge in [0, 0.05) is 31.3 Å². The fourth-order valence-electron chi connectivity index (χ4n) is 2.61. The number of methoxy groups -OCH3 is 1. The molecule has 1 aromatic carbocycles. The summed E-state index contributed by atoms with van der Waals surface area (Å²) in [6.45, 7) is 4.54. The van der Waals surface area contributed by atoms with Crippen LogP contribution in [0.25, 0.3) is 0 Å². The zero-order chi connectivity index (χ0) is 13.8. The zero-order valence-corrected chi connectivity index (χ0v) is 12.1. The fraction of sp³-hybridized carbons (Fsp3) is 0.625. The first-order chi connectivity index (χ1) is 9.85. The van der Waals surface area contributed by atoms with Crippen LogP contribution in [0.4, 0.5) is 0 Å². The van der Waals surface area contributed by atoms with Crippen molar-refractivity contribution in [2.45, 2.75) is 31.9 Å². The van der Waals surface area contributed by atoms with Crippen LogP contribution in [0, 0.1) is 0 Å². The van der Waals surface area contributed by atoms with Gasteiger partial charge in [-0.25, -0.2) is 0 Å². The summed E-state index contributed by atoms with van der Waals surface area (Å²) < 4.78 is 16.8. The van der Waals surface area contributed by atoms with Crippen molar-refractivity contribution in [3.05, 3.63) is 23.8 Å². The number of benzene rings is 1. The minimum atomic E-state index is 0.407. The highest BCUT2D eigenvalue weighted by Crippen LogP contribution is 2.30. The minimum absolute atomic E-state index is 0.407. The van der Waals surface area contributed by atoms with Crippen molar-refractivity contribution in [3.8, 4) is 11.5 Å². The molecule has 4 heteroatoms. The van der Waals surface area contributed by atoms with Gasteiger partial charge in [0.1, 0.15) is 11.5 Å². The molecule has 2 aliphatic rings. The van der Waals surface area contributed by atoms with E-state index in [0.29, 0.717) is 6.10 Å². The molecule has 2 fully saturated rings. The van der Waals surface area contributed by atoms with E-state index in [1.807, 2.05) is 6.07 Å². The lowest BCUT2D eigenvalue weighted by Gasteiger charge is -2.28. The molecule has 1 aliphatic carbocycles. The summed E-state index contributed by atoms with van der Waals surface area (Å²) in [7, 11) is 1.73. The van der Waals surface area contributed by atoms with Crippen LogP contribution in [-0.4, -0.2) is 44.4 Å². The van der Waals surface area contributed by atoms with Gasteiger partial charge >= 0.3 is 0 Å². The van der Waals surface area contributed by atoms with E-state index in [4.69, 9.17) is 14.2 Å². The Bertz CT molecular complexity index is 439. The maximum Gasteiger partial charge on any atom is 0.127 e. The SMILES string of the molecule is COc1cc(OC2CCC2)ccc1CN1CCOCC1. The molecule has 0 unspecified atom stereocenters. The summed E-state index contributed by atoms with van der Waals surface area (Å²) >= 11 is 0. The number of hydrogen-bond acceptors (Lipinski definition) is 4. The molecule has 3 rings (SSSR count). The Balaban J connectivity index is 1.66. The first-order valence-corrected chi connectivity index (χ1v) is 7.49. The molecule has 0 amide bonds. The Kier molecular flexibility index (Phi) is 4.43. The van der Waals surface area contributed by atoms with Crippen molar-refractivity contribution in [2.24, 2.45) is 0 Å². The van der Waals surface area contributed by atoms with Crippen LogP contribution in [0.3, 0.4) is 0 Å². The third kappa shape index (κ3) is 3.25. The summed E-state index contributed by atoms with van der Waals surface area (Å²) in [5, 5.41) is 0. The highest BCUT2D eigenvalue weighted by atomic mass is 16.5. The molecule has 110 valence electrons. The second-order valence-electron chi connectivity index (χ2n) is 5.53. The first kappa shape index (κ1) is 13.7. The second-order valence-corrected chi connectivity index (χ2v) is 5.53. The van der Waals surface area contributed by atoms with E-state index in [-0.39, 0.29) is 0 Å². The minimum Gasteiger partial charge on any atom is -0.496 e. The molecule has 0 N–H and O–H groups in total. The smallest absolute Gasteiger partial charge is 0.127 e. The largest absolute Gasteiger partial charge is 0.496 e. The lowest BCUT2D eigenvalue weighted by Crippen LogP contribution is -2.35. The van der Waals surface area contributed by atoms with Gasteiger partial charge in [-0.1, -0.05) is 6.07 Å². The molecule has 0 radical (unpaired) electrons. The molecule has 1 aliphatic heterocycles. The van der Waals surface area contributed by atoms with Crippen LogP contribution in [0.2, 0.25) is 0 Å². The first-order valence-electron chi connectivity index (χ1n) is 7.49. The van der Waals surface area contributed by atoms with Gasteiger partial charge in [0.05, 0.1) is 26.4 Å². The molecule has 1 aromatic rings. The van der Waals surface area contributed by atoms with Gasteiger partial charge in [-0.3, -0.25) is 4.90 Å². The number of hydrogen-bond donors (Lipinski definition) is 0. The lowest BCUT2D eigenvalue weighted by atomic mass is 9.96. The molecule has 0 spiro atoms. The lowest BCUT2D eigenvalue weighted by molar-refractivity contribution is 0.0338. The number of nitrogens with zero attached hydrogens (tertiary/aromatic N) is 1. The maximum atomic E-state index is 5.92. The summed E-state index contributed by atoms with van der Waals surface area (Å²) in [5.41, 5.74) is 1.22. The van der Waals surface area contributed by atoms with Crippen molar-refractivity contribution in [2.75, 3.05) is 33.4 Å². The average Bonchev–Trinajstić information content (AvgIpc) is 2.45. The predicted octanol–water partition coefficient (Wildman–Crippen LogP) is 2.46. The molecule has 20 heavy (non-hydrogen) atoms. The molecule has 0 aromatic heterocycles.